The number of nitrogens with one attached hydrogen (secondary N) is 5. The highest BCUT2D eigenvalue weighted by molar-refractivity contribution is 6.07. The van der Waals surface area contributed by atoms with Gasteiger partial charge in [-0.05, 0) is 24.6 Å². The van der Waals surface area contributed by atoms with E-state index in [2.05, 4.69) is 31.2 Å². The number of methoxy groups -OCH3 is 1. The van der Waals surface area contributed by atoms with Gasteiger partial charge in [-0.3, -0.25) is 19.4 Å². The van der Waals surface area contributed by atoms with Crippen molar-refractivity contribution in [2.75, 3.05) is 38.7 Å². The van der Waals surface area contributed by atoms with Gasteiger partial charge in [0.25, 0.3) is 5.91 Å². The number of rotatable bonds is 3. The van der Waals surface area contributed by atoms with E-state index in [0.717, 1.165) is 0 Å². The largest absolute Gasteiger partial charge is 0.492 e. The predicted octanol–water partition coefficient (Wildman–Crippen LogP) is 3.23. The van der Waals surface area contributed by atoms with E-state index in [1.165, 1.54) is 19.2 Å². The summed E-state index contributed by atoms with van der Waals surface area (Å²) >= 11 is 0. The van der Waals surface area contributed by atoms with E-state index in [0.29, 0.717) is 52.6 Å². The maximum atomic E-state index is 14.5. The molecule has 0 aliphatic carbocycles. The van der Waals surface area contributed by atoms with E-state index < -0.39 is 11.7 Å². The molecule has 11 nitrogen and oxygen atoms in total. The number of anilines is 2. The van der Waals surface area contributed by atoms with Crippen LogP contribution >= 0.6 is 0 Å². The molecule has 0 radical (unpaired) electrons. The number of benzene rings is 1. The molecule has 2 aliphatic heterocycles. The second kappa shape index (κ2) is 13.0. The third-order valence-electron chi connectivity index (χ3n) is 6.44. The quantitative estimate of drug-likeness (QED) is 0.335. The number of carbonyl (C=O) groups excluding carboxylic acids is 3. The number of pyridine rings is 1. The summed E-state index contributed by atoms with van der Waals surface area (Å²) in [6, 6.07) is 6.19. The molecule has 40 heavy (non-hydrogen) atoms. The molecule has 4 heterocycles. The van der Waals surface area contributed by atoms with Crippen molar-refractivity contribution in [1.29, 1.82) is 0 Å². The summed E-state index contributed by atoms with van der Waals surface area (Å²) in [5.41, 5.74) is 2.65. The highest BCUT2D eigenvalue weighted by Crippen LogP contribution is 2.44. The lowest BCUT2D eigenvalue weighted by Gasteiger charge is -2.23. The number of ether oxygens (including phenoxy) is 2. The Hall–Kier alpha value is -4.61. The number of para-hydroxylation sites is 1. The number of aromatic amines is 1. The van der Waals surface area contributed by atoms with Crippen LogP contribution in [0.15, 0.2) is 36.7 Å². The topological polar surface area (TPSA) is 146 Å². The summed E-state index contributed by atoms with van der Waals surface area (Å²) in [7, 11) is 1.36. The summed E-state index contributed by atoms with van der Waals surface area (Å²) in [4.78, 5) is 45.5. The summed E-state index contributed by atoms with van der Waals surface area (Å²) in [6.07, 6.45) is 3.71. The summed E-state index contributed by atoms with van der Waals surface area (Å²) in [5.74, 6) is -1.52. The van der Waals surface area contributed by atoms with Gasteiger partial charge in [0.1, 0.15) is 5.75 Å². The number of nitrogens with zero attached hydrogens (tertiary/aromatic N) is 1. The molecule has 2 aromatic heterocycles. The van der Waals surface area contributed by atoms with Gasteiger partial charge in [0.05, 0.1) is 49.1 Å². The summed E-state index contributed by atoms with van der Waals surface area (Å²) < 4.78 is 25.8. The monoisotopic (exact) mass is 552 g/mol. The van der Waals surface area contributed by atoms with Crippen LogP contribution in [-0.4, -0.2) is 61.0 Å². The summed E-state index contributed by atoms with van der Waals surface area (Å²) in [6.45, 7) is 4.72. The van der Waals surface area contributed by atoms with Gasteiger partial charge in [0, 0.05) is 42.9 Å². The van der Waals surface area contributed by atoms with Crippen molar-refractivity contribution in [1.82, 2.24) is 25.9 Å². The minimum Gasteiger partial charge on any atom is -0.492 e. The third-order valence-corrected chi connectivity index (χ3v) is 6.44. The van der Waals surface area contributed by atoms with E-state index in [9.17, 15) is 18.8 Å². The van der Waals surface area contributed by atoms with Gasteiger partial charge in [0.15, 0.2) is 11.6 Å². The van der Waals surface area contributed by atoms with Crippen molar-refractivity contribution in [3.05, 3.63) is 53.7 Å². The van der Waals surface area contributed by atoms with Gasteiger partial charge >= 0.3 is 0 Å². The Morgan fingerprint density at radius 3 is 2.73 bits per heavy atom. The highest BCUT2D eigenvalue weighted by atomic mass is 19.1. The molecule has 1 aromatic carbocycles. The van der Waals surface area contributed by atoms with Gasteiger partial charge in [-0.25, -0.2) is 4.39 Å². The number of carbonyl (C=O) groups is 3. The lowest BCUT2D eigenvalue weighted by atomic mass is 9.93. The number of aromatic nitrogens is 2. The lowest BCUT2D eigenvalue weighted by Crippen LogP contribution is -2.40. The Balaban J connectivity index is 0.00000181. The molecule has 12 heteroatoms. The molecule has 1 atom stereocenters. The Bertz CT molecular complexity index is 1390. The van der Waals surface area contributed by atoms with E-state index in [1.807, 2.05) is 13.8 Å². The molecule has 3 amide bonds. The molecule has 1 unspecified atom stereocenters. The Labute approximate surface area is 231 Å². The number of amides is 3. The first-order valence-electron chi connectivity index (χ1n) is 13.2. The zero-order valence-electron chi connectivity index (χ0n) is 22.7. The Morgan fingerprint density at radius 2 is 1.93 bits per heavy atom. The van der Waals surface area contributed by atoms with Crippen LogP contribution < -0.4 is 30.7 Å². The molecular weight excluding hydrogens is 519 g/mol. The van der Waals surface area contributed by atoms with Gasteiger partial charge in [0.2, 0.25) is 11.8 Å². The maximum absolute atomic E-state index is 14.5. The van der Waals surface area contributed by atoms with Crippen LogP contribution in [0.25, 0.3) is 11.3 Å². The highest BCUT2D eigenvalue weighted by Gasteiger charge is 2.35. The second-order valence-electron chi connectivity index (χ2n) is 8.92. The molecule has 2 aliphatic rings. The number of halogens is 1. The number of hydrogen-bond donors (Lipinski definition) is 5. The lowest BCUT2D eigenvalue weighted by molar-refractivity contribution is -0.126. The Kier molecular flexibility index (Phi) is 9.20. The normalized spacial score (nSPS) is 17.1. The van der Waals surface area contributed by atoms with Crippen molar-refractivity contribution < 1.29 is 28.2 Å². The van der Waals surface area contributed by atoms with Crippen molar-refractivity contribution in [3.63, 3.8) is 0 Å². The fourth-order valence-corrected chi connectivity index (χ4v) is 4.64. The molecule has 0 saturated heterocycles. The van der Waals surface area contributed by atoms with Crippen LogP contribution in [0.3, 0.4) is 0 Å². The molecule has 5 rings (SSSR count). The van der Waals surface area contributed by atoms with Crippen molar-refractivity contribution >= 4 is 29.1 Å². The first-order valence-corrected chi connectivity index (χ1v) is 13.2. The molecule has 5 N–H and O–H groups in total. The number of fused-ring (bicyclic) bond motifs is 3. The standard InChI is InChI=1S/C26H27FN6O5.C2H6/c1-37-25-16(27)4-2-5-17(25)32-24-21-22-14(11-31-26(21)36)10-19(34)30-13-20(35)29-7-3-9-38-18-12-28-8-6-15(18)23(24)33-22;1-2/h2,4-6,8,12,14,32-33H,3,7,9-11,13H2,1H3,(H,29,35)(H,30,34)(H,31,36);1-2H3. The van der Waals surface area contributed by atoms with Crippen LogP contribution in [-0.2, 0) is 9.59 Å². The van der Waals surface area contributed by atoms with Crippen molar-refractivity contribution in [2.45, 2.75) is 32.6 Å². The van der Waals surface area contributed by atoms with Crippen LogP contribution in [0.4, 0.5) is 15.8 Å². The SMILES string of the molecule is CC.COc1c(F)cccc1Nc1c2[nH]c3c1C(=O)NCC3CC(=O)NCC(=O)NCCCOc1cnccc1-2. The average molecular weight is 553 g/mol. The van der Waals surface area contributed by atoms with Crippen LogP contribution in [0, 0.1) is 5.82 Å². The van der Waals surface area contributed by atoms with Crippen LogP contribution in [0.1, 0.15) is 48.7 Å². The maximum Gasteiger partial charge on any atom is 0.255 e. The molecule has 0 fully saturated rings. The average Bonchev–Trinajstić information content (AvgIpc) is 3.34. The smallest absolute Gasteiger partial charge is 0.255 e. The van der Waals surface area contributed by atoms with E-state index in [1.54, 1.807) is 24.5 Å². The van der Waals surface area contributed by atoms with Crippen LogP contribution in [0.2, 0.25) is 0 Å². The molecule has 3 aromatic rings. The summed E-state index contributed by atoms with van der Waals surface area (Å²) in [5, 5.41) is 11.4. The van der Waals surface area contributed by atoms with E-state index >= 15 is 0 Å². The molecule has 2 bridgehead atoms. The minimum atomic E-state index is -0.566. The van der Waals surface area contributed by atoms with Gasteiger partial charge in [-0.2, -0.15) is 0 Å². The fraction of sp³-hybridized carbons (Fsp3) is 0.357. The first-order chi connectivity index (χ1) is 19.5. The Morgan fingerprint density at radius 1 is 1.10 bits per heavy atom. The predicted molar refractivity (Wildman–Crippen MR) is 147 cm³/mol. The van der Waals surface area contributed by atoms with Crippen molar-refractivity contribution in [3.8, 4) is 22.8 Å². The molecule has 0 saturated carbocycles. The molecule has 212 valence electrons. The minimum absolute atomic E-state index is 0.0118. The zero-order chi connectivity index (χ0) is 28.6. The van der Waals surface area contributed by atoms with Gasteiger partial charge in [-0.1, -0.05) is 19.9 Å². The van der Waals surface area contributed by atoms with E-state index in [-0.39, 0.29) is 49.6 Å². The first kappa shape index (κ1) is 28.4. The second-order valence-corrected chi connectivity index (χ2v) is 8.92. The number of hydrogen-bond acceptors (Lipinski definition) is 7. The van der Waals surface area contributed by atoms with Crippen LogP contribution in [0.5, 0.6) is 11.5 Å². The molecular formula is C28H33FN6O5. The van der Waals surface area contributed by atoms with Crippen molar-refractivity contribution in [2.24, 2.45) is 0 Å². The third kappa shape index (κ3) is 6.00. The van der Waals surface area contributed by atoms with Gasteiger partial charge in [-0.15, -0.1) is 0 Å². The number of H-pyrrole nitrogens is 1. The van der Waals surface area contributed by atoms with Gasteiger partial charge < -0.3 is 35.7 Å². The zero-order valence-corrected chi connectivity index (χ0v) is 22.7. The van der Waals surface area contributed by atoms with E-state index in [4.69, 9.17) is 9.47 Å². The fourth-order valence-electron chi connectivity index (χ4n) is 4.64. The molecule has 0 spiro atoms.